The lowest BCUT2D eigenvalue weighted by Gasteiger charge is -2.12. The quantitative estimate of drug-likeness (QED) is 0.436. The highest BCUT2D eigenvalue weighted by Gasteiger charge is 2.18. The van der Waals surface area contributed by atoms with Crippen molar-refractivity contribution in [3.8, 4) is 22.4 Å². The summed E-state index contributed by atoms with van der Waals surface area (Å²) in [5.74, 6) is -0.0139. The zero-order valence-electron chi connectivity index (χ0n) is 18.8. The number of H-pyrrole nitrogens is 1. The van der Waals surface area contributed by atoms with Gasteiger partial charge in [-0.3, -0.25) is 9.78 Å². The summed E-state index contributed by atoms with van der Waals surface area (Å²) >= 11 is 0. The van der Waals surface area contributed by atoms with Crippen molar-refractivity contribution >= 4 is 16.8 Å². The van der Waals surface area contributed by atoms with Gasteiger partial charge in [0, 0.05) is 46.1 Å². The van der Waals surface area contributed by atoms with Crippen molar-refractivity contribution in [1.82, 2.24) is 20.6 Å². The van der Waals surface area contributed by atoms with Crippen LogP contribution in [0.15, 0.2) is 54.6 Å². The maximum atomic E-state index is 12.7. The fraction of sp³-hybridized carbons (Fsp3) is 0.259. The molecule has 1 amide bonds. The number of nitrogens with one attached hydrogen (secondary N) is 3. The Labute approximate surface area is 188 Å². The van der Waals surface area contributed by atoms with Crippen LogP contribution in [0.2, 0.25) is 0 Å². The van der Waals surface area contributed by atoms with Gasteiger partial charge in [0.2, 0.25) is 0 Å². The molecule has 162 valence electrons. The number of aromatic nitrogens is 2. The van der Waals surface area contributed by atoms with E-state index in [2.05, 4.69) is 63.9 Å². The minimum Gasteiger partial charge on any atom is -0.354 e. The number of rotatable bonds is 4. The fourth-order valence-corrected chi connectivity index (χ4v) is 4.67. The van der Waals surface area contributed by atoms with E-state index in [1.807, 2.05) is 32.0 Å². The number of carbonyl (C=O) groups excluding carboxylic acids is 1. The van der Waals surface area contributed by atoms with E-state index in [-0.39, 0.29) is 11.9 Å². The van der Waals surface area contributed by atoms with E-state index in [1.54, 1.807) is 0 Å². The van der Waals surface area contributed by atoms with E-state index in [1.165, 1.54) is 16.5 Å². The van der Waals surface area contributed by atoms with Crippen molar-refractivity contribution < 1.29 is 4.79 Å². The number of aryl methyl sites for hydroxylation is 3. The number of fused-ring (bicyclic) bond motifs is 1. The van der Waals surface area contributed by atoms with Gasteiger partial charge in [0.25, 0.3) is 5.91 Å². The van der Waals surface area contributed by atoms with Crippen molar-refractivity contribution in [3.63, 3.8) is 0 Å². The highest BCUT2D eigenvalue weighted by atomic mass is 16.1. The Morgan fingerprint density at radius 2 is 1.78 bits per heavy atom. The first-order valence-electron chi connectivity index (χ1n) is 11.2. The van der Waals surface area contributed by atoms with Gasteiger partial charge in [-0.25, -0.2) is 0 Å². The lowest BCUT2D eigenvalue weighted by Crippen LogP contribution is -2.36. The summed E-state index contributed by atoms with van der Waals surface area (Å²) < 4.78 is 0. The number of benzene rings is 2. The van der Waals surface area contributed by atoms with Crippen LogP contribution in [0.3, 0.4) is 0 Å². The summed E-state index contributed by atoms with van der Waals surface area (Å²) in [6.45, 7) is 7.98. The minimum atomic E-state index is -0.0139. The van der Waals surface area contributed by atoms with Gasteiger partial charge in [0.05, 0.1) is 0 Å². The third-order valence-corrected chi connectivity index (χ3v) is 6.28. The number of amides is 1. The summed E-state index contributed by atoms with van der Waals surface area (Å²) in [7, 11) is 0. The molecule has 1 saturated heterocycles. The average Bonchev–Trinajstić information content (AvgIpc) is 3.40. The van der Waals surface area contributed by atoms with Crippen molar-refractivity contribution in [1.29, 1.82) is 0 Å². The van der Waals surface area contributed by atoms with E-state index >= 15 is 0 Å². The summed E-state index contributed by atoms with van der Waals surface area (Å²) in [5.41, 5.74) is 9.42. The number of pyridine rings is 1. The molecule has 0 aliphatic carbocycles. The predicted octanol–water partition coefficient (Wildman–Crippen LogP) is 4.91. The van der Waals surface area contributed by atoms with Gasteiger partial charge < -0.3 is 15.6 Å². The molecule has 3 N–H and O–H groups in total. The minimum absolute atomic E-state index is 0.0139. The molecule has 1 aliphatic rings. The molecule has 0 spiro atoms. The van der Waals surface area contributed by atoms with Crippen LogP contribution in [0.4, 0.5) is 0 Å². The van der Waals surface area contributed by atoms with Crippen molar-refractivity contribution in [3.05, 3.63) is 77.1 Å². The van der Waals surface area contributed by atoms with Crippen LogP contribution >= 0.6 is 0 Å². The molecule has 1 aliphatic heterocycles. The zero-order valence-corrected chi connectivity index (χ0v) is 18.8. The smallest absolute Gasteiger partial charge is 0.251 e. The van der Waals surface area contributed by atoms with Crippen LogP contribution in [0.5, 0.6) is 0 Å². The SMILES string of the molecule is Cc1cc(-c2ccc3c(C)c(-c4cccc(C(=O)NC5CCNC5)c4)[nH]c3c2)cc(C)n1. The molecule has 0 saturated carbocycles. The van der Waals surface area contributed by atoms with E-state index in [0.29, 0.717) is 5.56 Å². The third kappa shape index (κ3) is 3.92. The second kappa shape index (κ2) is 8.24. The van der Waals surface area contributed by atoms with E-state index in [9.17, 15) is 4.79 Å². The Kier molecular flexibility index (Phi) is 5.27. The Morgan fingerprint density at radius 3 is 2.53 bits per heavy atom. The summed E-state index contributed by atoms with van der Waals surface area (Å²) in [5, 5.41) is 7.61. The largest absolute Gasteiger partial charge is 0.354 e. The second-order valence-electron chi connectivity index (χ2n) is 8.77. The van der Waals surface area contributed by atoms with Gasteiger partial charge >= 0.3 is 0 Å². The van der Waals surface area contributed by atoms with E-state index in [4.69, 9.17) is 0 Å². The molecule has 3 heterocycles. The van der Waals surface area contributed by atoms with E-state index in [0.717, 1.165) is 53.2 Å². The molecule has 1 fully saturated rings. The first-order chi connectivity index (χ1) is 15.5. The lowest BCUT2D eigenvalue weighted by atomic mass is 10.0. The zero-order chi connectivity index (χ0) is 22.2. The Hall–Kier alpha value is -3.44. The van der Waals surface area contributed by atoms with Crippen LogP contribution in [0, 0.1) is 20.8 Å². The fourth-order valence-electron chi connectivity index (χ4n) is 4.67. The maximum absolute atomic E-state index is 12.7. The number of nitrogens with zero attached hydrogens (tertiary/aromatic N) is 1. The van der Waals surface area contributed by atoms with Crippen LogP contribution < -0.4 is 10.6 Å². The molecule has 0 bridgehead atoms. The molecule has 5 rings (SSSR count). The molecule has 1 atom stereocenters. The summed E-state index contributed by atoms with van der Waals surface area (Å²) in [6.07, 6.45) is 0.978. The monoisotopic (exact) mass is 424 g/mol. The van der Waals surface area contributed by atoms with Crippen molar-refractivity contribution in [2.75, 3.05) is 13.1 Å². The van der Waals surface area contributed by atoms with Gasteiger partial charge in [-0.15, -0.1) is 0 Å². The van der Waals surface area contributed by atoms with Crippen LogP contribution in [0.1, 0.15) is 33.7 Å². The average molecular weight is 425 g/mol. The van der Waals surface area contributed by atoms with Gasteiger partial charge in [-0.1, -0.05) is 24.3 Å². The molecular weight excluding hydrogens is 396 g/mol. The molecule has 5 nitrogen and oxygen atoms in total. The number of hydrogen-bond acceptors (Lipinski definition) is 3. The first-order valence-corrected chi connectivity index (χ1v) is 11.2. The van der Waals surface area contributed by atoms with Crippen LogP contribution in [-0.2, 0) is 0 Å². The molecule has 2 aromatic carbocycles. The lowest BCUT2D eigenvalue weighted by molar-refractivity contribution is 0.0940. The molecule has 2 aromatic heterocycles. The molecule has 5 heteroatoms. The number of carbonyl (C=O) groups is 1. The topological polar surface area (TPSA) is 69.8 Å². The van der Waals surface area contributed by atoms with Crippen LogP contribution in [0.25, 0.3) is 33.3 Å². The summed E-state index contributed by atoms with van der Waals surface area (Å²) in [6, 6.07) is 18.9. The van der Waals surface area contributed by atoms with Gasteiger partial charge in [0.1, 0.15) is 0 Å². The number of hydrogen-bond donors (Lipinski definition) is 3. The maximum Gasteiger partial charge on any atom is 0.251 e. The predicted molar refractivity (Wildman–Crippen MR) is 130 cm³/mol. The molecule has 32 heavy (non-hydrogen) atoms. The Balaban J connectivity index is 1.49. The summed E-state index contributed by atoms with van der Waals surface area (Å²) in [4.78, 5) is 20.8. The normalized spacial score (nSPS) is 15.9. The Bertz CT molecular complexity index is 1290. The Morgan fingerprint density at radius 1 is 0.969 bits per heavy atom. The molecular formula is C27H28N4O. The van der Waals surface area contributed by atoms with E-state index < -0.39 is 0 Å². The van der Waals surface area contributed by atoms with Crippen LogP contribution in [-0.4, -0.2) is 35.0 Å². The highest BCUT2D eigenvalue weighted by Crippen LogP contribution is 2.33. The molecule has 4 aromatic rings. The molecule has 1 unspecified atom stereocenters. The van der Waals surface area contributed by atoms with Crippen molar-refractivity contribution in [2.24, 2.45) is 0 Å². The highest BCUT2D eigenvalue weighted by molar-refractivity contribution is 5.97. The third-order valence-electron chi connectivity index (χ3n) is 6.28. The molecule has 0 radical (unpaired) electrons. The van der Waals surface area contributed by atoms with Crippen molar-refractivity contribution in [2.45, 2.75) is 33.2 Å². The van der Waals surface area contributed by atoms with Gasteiger partial charge in [-0.05, 0) is 86.3 Å². The standard InChI is InChI=1S/C27H28N4O/c1-16-11-22(12-17(2)29-16)19-7-8-24-18(3)26(31-25(24)14-19)20-5-4-6-21(13-20)27(32)30-23-9-10-28-15-23/h4-8,11-14,23,28,31H,9-10,15H2,1-3H3,(H,30,32). The first kappa shape index (κ1) is 20.5. The van der Waals surface area contributed by atoms with Gasteiger partial charge in [-0.2, -0.15) is 0 Å². The van der Waals surface area contributed by atoms with Gasteiger partial charge in [0.15, 0.2) is 0 Å². The number of aromatic amines is 1. The second-order valence-corrected chi connectivity index (χ2v) is 8.77.